The summed E-state index contributed by atoms with van der Waals surface area (Å²) in [5.41, 5.74) is -2.38. The maximum absolute atomic E-state index is 14.3. The number of hydrogen-bond acceptors (Lipinski definition) is 4. The molecule has 2 aromatic carbocycles. The number of para-hydroxylation sites is 1. The van der Waals surface area contributed by atoms with E-state index in [0.29, 0.717) is 39.9 Å². The molecule has 31 heavy (non-hydrogen) atoms. The topological polar surface area (TPSA) is 51.6 Å². The summed E-state index contributed by atoms with van der Waals surface area (Å²) in [7, 11) is 1.48. The number of fused-ring (bicyclic) bond motifs is 2. The molecule has 3 aromatic rings. The summed E-state index contributed by atoms with van der Waals surface area (Å²) in [6, 6.07) is 13.7. The van der Waals surface area contributed by atoms with Crippen molar-refractivity contribution in [1.82, 2.24) is 4.98 Å². The quantitative estimate of drug-likeness (QED) is 0.603. The monoisotopic (exact) mass is 431 g/mol. The Kier molecular flexibility index (Phi) is 5.33. The van der Waals surface area contributed by atoms with E-state index in [-0.39, 0.29) is 6.61 Å². The predicted molar refractivity (Wildman–Crippen MR) is 112 cm³/mol. The first-order valence-corrected chi connectivity index (χ1v) is 10.1. The Morgan fingerprint density at radius 1 is 1.13 bits per heavy atom. The zero-order chi connectivity index (χ0) is 22.3. The van der Waals surface area contributed by atoms with Crippen molar-refractivity contribution in [1.29, 1.82) is 0 Å². The number of benzene rings is 2. The van der Waals surface area contributed by atoms with Gasteiger partial charge in [-0.3, -0.25) is 4.98 Å². The third-order valence-electron chi connectivity index (χ3n) is 6.16. The number of aliphatic hydroxyl groups is 1. The minimum absolute atomic E-state index is 0.267. The van der Waals surface area contributed by atoms with Crippen LogP contribution in [0.1, 0.15) is 30.9 Å². The molecule has 0 radical (unpaired) electrons. The average Bonchev–Trinajstić information content (AvgIpc) is 2.73. The van der Waals surface area contributed by atoms with Gasteiger partial charge in [-0.2, -0.15) is 13.2 Å². The fourth-order valence-corrected chi connectivity index (χ4v) is 4.62. The van der Waals surface area contributed by atoms with Crippen LogP contribution in [0.3, 0.4) is 0 Å². The van der Waals surface area contributed by atoms with Gasteiger partial charge in [0.1, 0.15) is 11.5 Å². The van der Waals surface area contributed by atoms with E-state index in [2.05, 4.69) is 4.98 Å². The molecule has 0 bridgehead atoms. The standard InChI is InChI=1S/C24H24F3NO3/c1-22(11-13-31-20-9-5-8-19(30-2)21(20)22)15-23(29,24(25,26)27)14-16-10-12-28-18-7-4-3-6-17(16)18/h3-10,12,29H,11,13-15H2,1-2H3. The SMILES string of the molecule is COc1cccc2c1C(C)(CC(O)(Cc1ccnc3ccccc13)C(F)(F)F)CCO2. The van der Waals surface area contributed by atoms with Crippen LogP contribution in [0.25, 0.3) is 10.9 Å². The largest absolute Gasteiger partial charge is 0.496 e. The summed E-state index contributed by atoms with van der Waals surface area (Å²) in [6.45, 7) is 2.00. The van der Waals surface area contributed by atoms with Crippen LogP contribution in [0, 0.1) is 0 Å². The van der Waals surface area contributed by atoms with Gasteiger partial charge >= 0.3 is 6.18 Å². The van der Waals surface area contributed by atoms with Crippen LogP contribution >= 0.6 is 0 Å². The van der Waals surface area contributed by atoms with E-state index >= 15 is 0 Å². The van der Waals surface area contributed by atoms with Crippen LogP contribution in [0.4, 0.5) is 13.2 Å². The molecule has 1 aliphatic heterocycles. The highest BCUT2D eigenvalue weighted by Gasteiger charge is 2.57. The molecule has 1 aromatic heterocycles. The highest BCUT2D eigenvalue weighted by atomic mass is 19.4. The van der Waals surface area contributed by atoms with E-state index in [1.165, 1.54) is 13.3 Å². The number of halogens is 3. The van der Waals surface area contributed by atoms with Crippen molar-refractivity contribution in [3.8, 4) is 11.5 Å². The van der Waals surface area contributed by atoms with Crippen LogP contribution in [0.2, 0.25) is 0 Å². The summed E-state index contributed by atoms with van der Waals surface area (Å²) in [6.07, 6.45) is -4.11. The van der Waals surface area contributed by atoms with Crippen LogP contribution in [-0.4, -0.2) is 35.6 Å². The number of pyridine rings is 1. The van der Waals surface area contributed by atoms with Crippen molar-refractivity contribution in [3.63, 3.8) is 0 Å². The Morgan fingerprint density at radius 2 is 1.90 bits per heavy atom. The molecule has 0 fully saturated rings. The van der Waals surface area contributed by atoms with Crippen LogP contribution in [-0.2, 0) is 11.8 Å². The highest BCUT2D eigenvalue weighted by molar-refractivity contribution is 5.82. The molecule has 164 valence electrons. The minimum atomic E-state index is -4.83. The Bertz CT molecular complexity index is 1080. The molecular weight excluding hydrogens is 407 g/mol. The van der Waals surface area contributed by atoms with E-state index in [0.717, 1.165) is 0 Å². The van der Waals surface area contributed by atoms with Crippen molar-refractivity contribution >= 4 is 10.9 Å². The number of hydrogen-bond donors (Lipinski definition) is 1. The number of alkyl halides is 3. The lowest BCUT2D eigenvalue weighted by molar-refractivity contribution is -0.267. The molecule has 0 aliphatic carbocycles. The summed E-state index contributed by atoms with van der Waals surface area (Å²) in [5.74, 6) is 0.950. The van der Waals surface area contributed by atoms with Gasteiger partial charge in [-0.15, -0.1) is 0 Å². The molecule has 2 unspecified atom stereocenters. The molecular formula is C24H24F3NO3. The Labute approximate surface area is 178 Å². The van der Waals surface area contributed by atoms with Crippen molar-refractivity contribution in [2.24, 2.45) is 0 Å². The van der Waals surface area contributed by atoms with Gasteiger partial charge in [-0.05, 0) is 42.7 Å². The molecule has 1 aliphatic rings. The number of methoxy groups -OCH3 is 1. The third-order valence-corrected chi connectivity index (χ3v) is 6.16. The van der Waals surface area contributed by atoms with Crippen molar-refractivity contribution in [2.75, 3.05) is 13.7 Å². The van der Waals surface area contributed by atoms with E-state index < -0.39 is 30.0 Å². The van der Waals surface area contributed by atoms with Crippen molar-refractivity contribution < 1.29 is 27.8 Å². The molecule has 1 N–H and O–H groups in total. The highest BCUT2D eigenvalue weighted by Crippen LogP contribution is 2.51. The van der Waals surface area contributed by atoms with Gasteiger partial charge < -0.3 is 14.6 Å². The minimum Gasteiger partial charge on any atom is -0.496 e. The fraction of sp³-hybridized carbons (Fsp3) is 0.375. The van der Waals surface area contributed by atoms with Gasteiger partial charge in [-0.1, -0.05) is 31.2 Å². The molecule has 2 atom stereocenters. The first-order valence-electron chi connectivity index (χ1n) is 10.1. The van der Waals surface area contributed by atoms with Crippen LogP contribution in [0.15, 0.2) is 54.7 Å². The second kappa shape index (κ2) is 7.71. The summed E-state index contributed by atoms with van der Waals surface area (Å²) in [5, 5.41) is 11.7. The molecule has 0 saturated carbocycles. The Balaban J connectivity index is 1.78. The molecule has 7 heteroatoms. The summed E-state index contributed by atoms with van der Waals surface area (Å²) >= 11 is 0. The predicted octanol–water partition coefficient (Wildman–Crippen LogP) is 5.21. The van der Waals surface area contributed by atoms with Crippen LogP contribution < -0.4 is 9.47 Å². The molecule has 4 rings (SSSR count). The first kappa shape index (κ1) is 21.4. The second-order valence-corrected chi connectivity index (χ2v) is 8.36. The third kappa shape index (κ3) is 3.83. The lowest BCUT2D eigenvalue weighted by atomic mass is 9.68. The Morgan fingerprint density at radius 3 is 2.65 bits per heavy atom. The van der Waals surface area contributed by atoms with Gasteiger partial charge in [0.2, 0.25) is 0 Å². The zero-order valence-corrected chi connectivity index (χ0v) is 17.4. The molecule has 4 nitrogen and oxygen atoms in total. The molecule has 0 spiro atoms. The summed E-state index contributed by atoms with van der Waals surface area (Å²) in [4.78, 5) is 4.22. The lowest BCUT2D eigenvalue weighted by Crippen LogP contribution is -2.52. The zero-order valence-electron chi connectivity index (χ0n) is 17.4. The van der Waals surface area contributed by atoms with E-state index in [4.69, 9.17) is 9.47 Å². The maximum Gasteiger partial charge on any atom is 0.417 e. The summed E-state index contributed by atoms with van der Waals surface area (Å²) < 4.78 is 54.2. The molecule has 0 saturated heterocycles. The number of nitrogens with zero attached hydrogens (tertiary/aromatic N) is 1. The van der Waals surface area contributed by atoms with Gasteiger partial charge in [0.05, 0.1) is 19.2 Å². The van der Waals surface area contributed by atoms with Gasteiger partial charge in [0.15, 0.2) is 5.60 Å². The van der Waals surface area contributed by atoms with Gasteiger partial charge in [0, 0.05) is 29.0 Å². The van der Waals surface area contributed by atoms with E-state index in [9.17, 15) is 18.3 Å². The average molecular weight is 431 g/mol. The smallest absolute Gasteiger partial charge is 0.417 e. The lowest BCUT2D eigenvalue weighted by Gasteiger charge is -2.43. The number of ether oxygens (including phenoxy) is 2. The molecule has 2 heterocycles. The van der Waals surface area contributed by atoms with E-state index in [1.54, 1.807) is 55.5 Å². The fourth-order valence-electron chi connectivity index (χ4n) is 4.62. The van der Waals surface area contributed by atoms with Crippen LogP contribution in [0.5, 0.6) is 11.5 Å². The maximum atomic E-state index is 14.3. The van der Waals surface area contributed by atoms with E-state index in [1.807, 2.05) is 0 Å². The first-order chi connectivity index (χ1) is 14.7. The van der Waals surface area contributed by atoms with Crippen molar-refractivity contribution in [2.45, 2.75) is 43.4 Å². The van der Waals surface area contributed by atoms with Gasteiger partial charge in [-0.25, -0.2) is 0 Å². The normalized spacial score (nSPS) is 20.6. The number of aromatic nitrogens is 1. The second-order valence-electron chi connectivity index (χ2n) is 8.36. The number of rotatable bonds is 5. The van der Waals surface area contributed by atoms with Gasteiger partial charge in [0.25, 0.3) is 0 Å². The van der Waals surface area contributed by atoms with Crippen molar-refractivity contribution in [3.05, 3.63) is 65.9 Å². The Hall–Kier alpha value is -2.80. The molecule has 0 amide bonds.